The Morgan fingerprint density at radius 2 is 2.10 bits per heavy atom. The van der Waals surface area contributed by atoms with Gasteiger partial charge in [0.1, 0.15) is 0 Å². The van der Waals surface area contributed by atoms with Gasteiger partial charge in [-0.3, -0.25) is 0 Å². The molecule has 3 nitrogen and oxygen atoms in total. The van der Waals surface area contributed by atoms with Crippen LogP contribution in [0.2, 0.25) is 0 Å². The maximum absolute atomic E-state index is 13.9. The zero-order valence-electron chi connectivity index (χ0n) is 12.5. The molecule has 2 rings (SSSR count). The second-order valence-electron chi connectivity index (χ2n) is 5.45. The lowest BCUT2D eigenvalue weighted by atomic mass is 9.74. The van der Waals surface area contributed by atoms with Crippen LogP contribution in [0.3, 0.4) is 0 Å². The van der Waals surface area contributed by atoms with E-state index in [1.807, 2.05) is 6.07 Å². The molecule has 1 fully saturated rings. The summed E-state index contributed by atoms with van der Waals surface area (Å²) in [4.78, 5) is 0. The smallest absolute Gasteiger partial charge is 0.165 e. The van der Waals surface area contributed by atoms with Crippen LogP contribution >= 0.6 is 0 Å². The Morgan fingerprint density at radius 3 is 2.55 bits per heavy atom. The summed E-state index contributed by atoms with van der Waals surface area (Å²) >= 11 is 0. The van der Waals surface area contributed by atoms with E-state index in [1.54, 1.807) is 19.2 Å². The van der Waals surface area contributed by atoms with E-state index in [2.05, 4.69) is 12.2 Å². The number of benzene rings is 1. The molecule has 0 amide bonds. The molecule has 4 heteroatoms. The first-order valence-corrected chi connectivity index (χ1v) is 7.26. The SMILES string of the molecule is CCNC(CC1(OC)CCC1)c1ccc(OC)c(F)c1. The van der Waals surface area contributed by atoms with Gasteiger partial charge in [0, 0.05) is 13.2 Å². The van der Waals surface area contributed by atoms with Crippen molar-refractivity contribution in [3.63, 3.8) is 0 Å². The van der Waals surface area contributed by atoms with Crippen LogP contribution in [0.4, 0.5) is 4.39 Å². The van der Waals surface area contributed by atoms with E-state index in [0.29, 0.717) is 0 Å². The molecule has 20 heavy (non-hydrogen) atoms. The van der Waals surface area contributed by atoms with E-state index in [4.69, 9.17) is 9.47 Å². The summed E-state index contributed by atoms with van der Waals surface area (Å²) in [5.74, 6) is -0.0259. The predicted molar refractivity (Wildman–Crippen MR) is 77.6 cm³/mol. The molecule has 0 bridgehead atoms. The maximum atomic E-state index is 13.9. The number of ether oxygens (including phenoxy) is 2. The lowest BCUT2D eigenvalue weighted by Gasteiger charge is -2.43. The summed E-state index contributed by atoms with van der Waals surface area (Å²) in [6.45, 7) is 2.91. The molecular weight excluding hydrogens is 257 g/mol. The van der Waals surface area contributed by atoms with Crippen LogP contribution in [0.15, 0.2) is 18.2 Å². The van der Waals surface area contributed by atoms with E-state index in [-0.39, 0.29) is 23.2 Å². The van der Waals surface area contributed by atoms with Crippen molar-refractivity contribution in [3.8, 4) is 5.75 Å². The van der Waals surface area contributed by atoms with Crippen molar-refractivity contribution in [2.45, 2.75) is 44.2 Å². The van der Waals surface area contributed by atoms with Crippen LogP contribution in [0.1, 0.15) is 44.2 Å². The Labute approximate surface area is 120 Å². The average molecular weight is 281 g/mol. The van der Waals surface area contributed by atoms with Gasteiger partial charge in [-0.1, -0.05) is 13.0 Å². The van der Waals surface area contributed by atoms with Gasteiger partial charge in [0.2, 0.25) is 0 Å². The summed E-state index contributed by atoms with van der Waals surface area (Å²) in [5, 5.41) is 3.43. The summed E-state index contributed by atoms with van der Waals surface area (Å²) in [6.07, 6.45) is 4.26. The zero-order chi connectivity index (χ0) is 14.6. The lowest BCUT2D eigenvalue weighted by molar-refractivity contribution is -0.0837. The van der Waals surface area contributed by atoms with E-state index in [0.717, 1.165) is 31.4 Å². The average Bonchev–Trinajstić information content (AvgIpc) is 2.41. The normalized spacial score (nSPS) is 18.4. The molecule has 1 atom stereocenters. The Hall–Kier alpha value is -1.13. The van der Waals surface area contributed by atoms with E-state index >= 15 is 0 Å². The molecule has 1 aliphatic carbocycles. The first-order valence-electron chi connectivity index (χ1n) is 7.26. The van der Waals surface area contributed by atoms with Crippen molar-refractivity contribution >= 4 is 0 Å². The maximum Gasteiger partial charge on any atom is 0.165 e. The summed E-state index contributed by atoms with van der Waals surface area (Å²) in [6, 6.07) is 5.29. The van der Waals surface area contributed by atoms with Gasteiger partial charge in [-0.2, -0.15) is 0 Å². The van der Waals surface area contributed by atoms with Crippen molar-refractivity contribution in [1.82, 2.24) is 5.32 Å². The number of nitrogens with one attached hydrogen (secondary N) is 1. The first-order chi connectivity index (χ1) is 9.64. The summed E-state index contributed by atoms with van der Waals surface area (Å²) in [5.41, 5.74) is 0.914. The standard InChI is InChI=1S/C16H24FNO2/c1-4-18-14(11-16(20-3)8-5-9-16)12-6-7-15(19-2)13(17)10-12/h6-7,10,14,18H,4-5,8-9,11H2,1-3H3. The minimum Gasteiger partial charge on any atom is -0.494 e. The number of hydrogen-bond acceptors (Lipinski definition) is 3. The molecule has 1 N–H and O–H groups in total. The second-order valence-corrected chi connectivity index (χ2v) is 5.45. The van der Waals surface area contributed by atoms with Gasteiger partial charge in [-0.05, 0) is 49.9 Å². The quantitative estimate of drug-likeness (QED) is 0.830. The minimum absolute atomic E-state index is 0.0385. The van der Waals surface area contributed by atoms with Crippen LogP contribution in [0, 0.1) is 5.82 Å². The third-order valence-corrected chi connectivity index (χ3v) is 4.30. The molecule has 0 heterocycles. The van der Waals surface area contributed by atoms with Crippen molar-refractivity contribution in [2.24, 2.45) is 0 Å². The van der Waals surface area contributed by atoms with Gasteiger partial charge in [-0.25, -0.2) is 4.39 Å². The Bertz CT molecular complexity index is 441. The Morgan fingerprint density at radius 1 is 1.35 bits per heavy atom. The fourth-order valence-electron chi connectivity index (χ4n) is 2.89. The Balaban J connectivity index is 2.17. The zero-order valence-corrected chi connectivity index (χ0v) is 12.5. The molecule has 0 saturated heterocycles. The molecular formula is C16H24FNO2. The molecule has 1 unspecified atom stereocenters. The molecule has 0 aliphatic heterocycles. The molecule has 1 aromatic rings. The highest BCUT2D eigenvalue weighted by molar-refractivity contribution is 5.31. The number of halogens is 1. The van der Waals surface area contributed by atoms with Gasteiger partial charge in [0.05, 0.1) is 12.7 Å². The highest BCUT2D eigenvalue weighted by Crippen LogP contribution is 2.42. The summed E-state index contributed by atoms with van der Waals surface area (Å²) < 4.78 is 24.5. The fourth-order valence-corrected chi connectivity index (χ4v) is 2.89. The van der Waals surface area contributed by atoms with Crippen LogP contribution in [-0.2, 0) is 4.74 Å². The highest BCUT2D eigenvalue weighted by Gasteiger charge is 2.39. The first kappa shape index (κ1) is 15.3. The minimum atomic E-state index is -0.312. The third-order valence-electron chi connectivity index (χ3n) is 4.30. The number of rotatable bonds is 7. The van der Waals surface area contributed by atoms with Crippen molar-refractivity contribution < 1.29 is 13.9 Å². The molecule has 1 aromatic carbocycles. The third kappa shape index (κ3) is 3.13. The van der Waals surface area contributed by atoms with Gasteiger partial charge in [0.25, 0.3) is 0 Å². The molecule has 112 valence electrons. The molecule has 0 radical (unpaired) electrons. The van der Waals surface area contributed by atoms with Crippen LogP contribution in [-0.4, -0.2) is 26.4 Å². The highest BCUT2D eigenvalue weighted by atomic mass is 19.1. The van der Waals surface area contributed by atoms with Crippen LogP contribution in [0.25, 0.3) is 0 Å². The van der Waals surface area contributed by atoms with Gasteiger partial charge >= 0.3 is 0 Å². The summed E-state index contributed by atoms with van der Waals surface area (Å²) in [7, 11) is 3.25. The lowest BCUT2D eigenvalue weighted by Crippen LogP contribution is -2.42. The largest absolute Gasteiger partial charge is 0.494 e. The van der Waals surface area contributed by atoms with Crippen molar-refractivity contribution in [1.29, 1.82) is 0 Å². The fraction of sp³-hybridized carbons (Fsp3) is 0.625. The Kier molecular flexibility index (Phi) is 5.00. The van der Waals surface area contributed by atoms with Gasteiger partial charge in [0.15, 0.2) is 11.6 Å². The van der Waals surface area contributed by atoms with Crippen LogP contribution < -0.4 is 10.1 Å². The number of methoxy groups -OCH3 is 2. The van der Waals surface area contributed by atoms with E-state index < -0.39 is 0 Å². The van der Waals surface area contributed by atoms with Crippen molar-refractivity contribution in [3.05, 3.63) is 29.6 Å². The van der Waals surface area contributed by atoms with Gasteiger partial charge < -0.3 is 14.8 Å². The monoisotopic (exact) mass is 281 g/mol. The number of hydrogen-bond donors (Lipinski definition) is 1. The topological polar surface area (TPSA) is 30.5 Å². The van der Waals surface area contributed by atoms with Crippen LogP contribution in [0.5, 0.6) is 5.75 Å². The predicted octanol–water partition coefficient (Wildman–Crippen LogP) is 3.44. The second kappa shape index (κ2) is 6.55. The molecule has 1 saturated carbocycles. The van der Waals surface area contributed by atoms with Crippen molar-refractivity contribution in [2.75, 3.05) is 20.8 Å². The molecule has 1 aliphatic rings. The molecule has 0 aromatic heterocycles. The van der Waals surface area contributed by atoms with E-state index in [1.165, 1.54) is 13.5 Å². The molecule has 0 spiro atoms. The van der Waals surface area contributed by atoms with Gasteiger partial charge in [-0.15, -0.1) is 0 Å². The van der Waals surface area contributed by atoms with E-state index in [9.17, 15) is 4.39 Å².